The molecule has 3 heterocycles. The van der Waals surface area contributed by atoms with Crippen LogP contribution >= 0.6 is 0 Å². The minimum atomic E-state index is -0.652. The van der Waals surface area contributed by atoms with Crippen LogP contribution in [0.4, 0.5) is 16.2 Å². The van der Waals surface area contributed by atoms with Gasteiger partial charge in [0.05, 0.1) is 5.41 Å². The molecule has 0 aliphatic carbocycles. The fraction of sp³-hybridized carbons (Fsp3) is 0.300. The smallest absolute Gasteiger partial charge is 0.321 e. The van der Waals surface area contributed by atoms with Gasteiger partial charge in [0.1, 0.15) is 13.2 Å². The van der Waals surface area contributed by atoms with E-state index >= 15 is 0 Å². The monoisotopic (exact) mass is 365 g/mol. The summed E-state index contributed by atoms with van der Waals surface area (Å²) in [5.41, 5.74) is 1.81. The topological polar surface area (TPSA) is 79.9 Å². The molecule has 0 radical (unpaired) electrons. The molecule has 1 fully saturated rings. The number of hydrogen-bond donors (Lipinski definition) is 2. The lowest BCUT2D eigenvalue weighted by Crippen LogP contribution is -2.40. The summed E-state index contributed by atoms with van der Waals surface area (Å²) < 4.78 is 11.1. The molecule has 0 saturated carbocycles. The lowest BCUT2D eigenvalue weighted by molar-refractivity contribution is -0.120. The molecule has 0 aromatic heterocycles. The van der Waals surface area contributed by atoms with Crippen molar-refractivity contribution in [3.05, 3.63) is 48.0 Å². The van der Waals surface area contributed by atoms with E-state index in [2.05, 4.69) is 10.6 Å². The number of ether oxygens (including phenoxy) is 2. The molecule has 2 aromatic carbocycles. The van der Waals surface area contributed by atoms with Crippen LogP contribution in [-0.4, -0.2) is 43.1 Å². The Hall–Kier alpha value is -3.22. The number of urea groups is 1. The second kappa shape index (κ2) is 5.90. The van der Waals surface area contributed by atoms with Gasteiger partial charge >= 0.3 is 6.03 Å². The Kier molecular flexibility index (Phi) is 3.50. The van der Waals surface area contributed by atoms with Gasteiger partial charge in [-0.1, -0.05) is 18.2 Å². The molecule has 2 aromatic rings. The molecule has 138 valence electrons. The van der Waals surface area contributed by atoms with Crippen LogP contribution in [0.1, 0.15) is 12.0 Å². The molecule has 1 atom stereocenters. The van der Waals surface area contributed by atoms with Crippen LogP contribution in [0.25, 0.3) is 0 Å². The number of nitrogens with zero attached hydrogens (tertiary/aromatic N) is 1. The van der Waals surface area contributed by atoms with E-state index in [0.717, 1.165) is 11.3 Å². The van der Waals surface area contributed by atoms with Crippen molar-refractivity contribution in [3.63, 3.8) is 0 Å². The van der Waals surface area contributed by atoms with Gasteiger partial charge in [0.2, 0.25) is 5.91 Å². The minimum absolute atomic E-state index is 0.0293. The summed E-state index contributed by atoms with van der Waals surface area (Å²) in [5, 5.41) is 5.84. The van der Waals surface area contributed by atoms with Gasteiger partial charge < -0.3 is 25.0 Å². The standard InChI is InChI=1S/C20H19N3O4/c24-18-20(14-3-1-2-4-15(14)22-18)7-8-23(12-20)19(25)21-13-5-6-16-17(11-13)27-10-9-26-16/h1-6,11H,7-10,12H2,(H,21,25)(H,22,24)/t20-/m0/s1. The maximum atomic E-state index is 12.8. The summed E-state index contributed by atoms with van der Waals surface area (Å²) in [7, 11) is 0. The lowest BCUT2D eigenvalue weighted by atomic mass is 9.81. The van der Waals surface area contributed by atoms with E-state index in [1.807, 2.05) is 24.3 Å². The van der Waals surface area contributed by atoms with Crippen molar-refractivity contribution < 1.29 is 19.1 Å². The molecule has 1 spiro atoms. The molecule has 3 aliphatic rings. The van der Waals surface area contributed by atoms with Crippen molar-refractivity contribution in [2.45, 2.75) is 11.8 Å². The largest absolute Gasteiger partial charge is 0.486 e. The number of carbonyl (C=O) groups is 2. The third-order valence-corrected chi connectivity index (χ3v) is 5.48. The molecule has 2 N–H and O–H groups in total. The summed E-state index contributed by atoms with van der Waals surface area (Å²) in [4.78, 5) is 27.1. The van der Waals surface area contributed by atoms with Crippen molar-refractivity contribution in [2.24, 2.45) is 0 Å². The highest BCUT2D eigenvalue weighted by Gasteiger charge is 2.51. The van der Waals surface area contributed by atoms with Crippen LogP contribution in [0, 0.1) is 0 Å². The highest BCUT2D eigenvalue weighted by Crippen LogP contribution is 2.44. The minimum Gasteiger partial charge on any atom is -0.486 e. The highest BCUT2D eigenvalue weighted by atomic mass is 16.6. The van der Waals surface area contributed by atoms with Gasteiger partial charge in [-0.2, -0.15) is 0 Å². The van der Waals surface area contributed by atoms with E-state index in [4.69, 9.17) is 9.47 Å². The van der Waals surface area contributed by atoms with Crippen molar-refractivity contribution in [3.8, 4) is 11.5 Å². The Morgan fingerprint density at radius 1 is 1.11 bits per heavy atom. The number of amides is 3. The number of para-hydroxylation sites is 1. The zero-order valence-corrected chi connectivity index (χ0v) is 14.7. The number of rotatable bonds is 1. The van der Waals surface area contributed by atoms with Gasteiger partial charge in [0.25, 0.3) is 0 Å². The number of nitrogens with one attached hydrogen (secondary N) is 2. The SMILES string of the molecule is O=C(Nc1ccc2c(c1)OCCO2)N1CC[C@@]2(C1)C(=O)Nc1ccccc12. The zero-order chi connectivity index (χ0) is 18.4. The number of likely N-dealkylation sites (tertiary alicyclic amines) is 1. The van der Waals surface area contributed by atoms with Gasteiger partial charge in [-0.05, 0) is 30.2 Å². The average molecular weight is 365 g/mol. The summed E-state index contributed by atoms with van der Waals surface area (Å²) in [5.74, 6) is 1.28. The maximum Gasteiger partial charge on any atom is 0.321 e. The van der Waals surface area contributed by atoms with Gasteiger partial charge in [0.15, 0.2) is 11.5 Å². The Balaban J connectivity index is 1.34. The van der Waals surface area contributed by atoms with E-state index in [0.29, 0.717) is 49.9 Å². The highest BCUT2D eigenvalue weighted by molar-refractivity contribution is 6.07. The van der Waals surface area contributed by atoms with E-state index in [-0.39, 0.29) is 11.9 Å². The molecule has 1 saturated heterocycles. The van der Waals surface area contributed by atoms with Crippen molar-refractivity contribution >= 4 is 23.3 Å². The summed E-state index contributed by atoms with van der Waals surface area (Å²) in [6, 6.07) is 12.8. The third-order valence-electron chi connectivity index (χ3n) is 5.48. The quantitative estimate of drug-likeness (QED) is 0.814. The Morgan fingerprint density at radius 3 is 2.81 bits per heavy atom. The molecular weight excluding hydrogens is 346 g/mol. The molecule has 7 heteroatoms. The first-order valence-corrected chi connectivity index (χ1v) is 9.02. The van der Waals surface area contributed by atoms with Crippen LogP contribution in [0.3, 0.4) is 0 Å². The molecule has 7 nitrogen and oxygen atoms in total. The predicted octanol–water partition coefficient (Wildman–Crippen LogP) is 2.59. The van der Waals surface area contributed by atoms with E-state index < -0.39 is 5.41 Å². The Bertz CT molecular complexity index is 945. The first-order valence-electron chi connectivity index (χ1n) is 9.02. The molecule has 0 unspecified atom stereocenters. The lowest BCUT2D eigenvalue weighted by Gasteiger charge is -2.23. The summed E-state index contributed by atoms with van der Waals surface area (Å²) >= 11 is 0. The number of benzene rings is 2. The van der Waals surface area contributed by atoms with E-state index in [1.54, 1.807) is 23.1 Å². The van der Waals surface area contributed by atoms with Gasteiger partial charge in [-0.15, -0.1) is 0 Å². The van der Waals surface area contributed by atoms with Crippen molar-refractivity contribution in [2.75, 3.05) is 36.9 Å². The fourth-order valence-corrected chi connectivity index (χ4v) is 4.09. The summed E-state index contributed by atoms with van der Waals surface area (Å²) in [6.07, 6.45) is 0.615. The van der Waals surface area contributed by atoms with Crippen LogP contribution in [0.2, 0.25) is 0 Å². The number of carbonyl (C=O) groups excluding carboxylic acids is 2. The van der Waals surface area contributed by atoms with Crippen LogP contribution in [0.15, 0.2) is 42.5 Å². The normalized spacial score (nSPS) is 22.5. The fourth-order valence-electron chi connectivity index (χ4n) is 4.09. The maximum absolute atomic E-state index is 12.8. The molecule has 3 amide bonds. The average Bonchev–Trinajstić information content (AvgIpc) is 3.25. The molecule has 5 rings (SSSR count). The molecule has 0 bridgehead atoms. The van der Waals surface area contributed by atoms with Crippen molar-refractivity contribution in [1.29, 1.82) is 0 Å². The van der Waals surface area contributed by atoms with Crippen LogP contribution in [-0.2, 0) is 10.2 Å². The van der Waals surface area contributed by atoms with Gasteiger partial charge in [-0.3, -0.25) is 4.79 Å². The van der Waals surface area contributed by atoms with Gasteiger partial charge in [0, 0.05) is 30.5 Å². The van der Waals surface area contributed by atoms with Crippen LogP contribution in [0.5, 0.6) is 11.5 Å². The second-order valence-corrected chi connectivity index (χ2v) is 7.04. The number of anilines is 2. The Morgan fingerprint density at radius 2 is 1.93 bits per heavy atom. The van der Waals surface area contributed by atoms with E-state index in [9.17, 15) is 9.59 Å². The Labute approximate surface area is 156 Å². The zero-order valence-electron chi connectivity index (χ0n) is 14.7. The molecule has 3 aliphatic heterocycles. The van der Waals surface area contributed by atoms with Crippen LogP contribution < -0.4 is 20.1 Å². The molecule has 27 heavy (non-hydrogen) atoms. The predicted molar refractivity (Wildman–Crippen MR) is 99.4 cm³/mol. The first kappa shape index (κ1) is 16.0. The number of hydrogen-bond acceptors (Lipinski definition) is 4. The third kappa shape index (κ3) is 2.50. The number of fused-ring (bicyclic) bond motifs is 3. The summed E-state index contributed by atoms with van der Waals surface area (Å²) in [6.45, 7) is 1.91. The first-order chi connectivity index (χ1) is 13.2. The van der Waals surface area contributed by atoms with Crippen molar-refractivity contribution in [1.82, 2.24) is 4.90 Å². The van der Waals surface area contributed by atoms with E-state index in [1.165, 1.54) is 0 Å². The molecular formula is C20H19N3O4. The second-order valence-electron chi connectivity index (χ2n) is 7.04. The van der Waals surface area contributed by atoms with Gasteiger partial charge in [-0.25, -0.2) is 4.79 Å².